The largest absolute Gasteiger partial charge is 1.00 e. The predicted molar refractivity (Wildman–Crippen MR) is 74.5 cm³/mol. The van der Waals surface area contributed by atoms with Crippen LogP contribution in [0.1, 0.15) is 18.4 Å². The Kier molecular flexibility index (Phi) is 5.21. The highest BCUT2D eigenvalue weighted by Gasteiger charge is 2.36. The monoisotopic (exact) mass is 292 g/mol. The summed E-state index contributed by atoms with van der Waals surface area (Å²) in [4.78, 5) is 14.2. The number of halogens is 1. The maximum Gasteiger partial charge on any atom is 0.331 e. The third-order valence-corrected chi connectivity index (χ3v) is 4.08. The first kappa shape index (κ1) is 15.1. The fraction of sp³-hybridized carbons (Fsp3) is 0.438. The molecule has 0 aromatic heterocycles. The topological polar surface area (TPSA) is 29.5 Å². The van der Waals surface area contributed by atoms with Gasteiger partial charge in [-0.3, -0.25) is 4.90 Å². The van der Waals surface area contributed by atoms with Crippen molar-refractivity contribution >= 4 is 12.0 Å². The molecular weight excluding hydrogens is 274 g/mol. The van der Waals surface area contributed by atoms with Crippen LogP contribution in [0.15, 0.2) is 36.4 Å². The molecular formula is C16H19ClNO2-. The lowest BCUT2D eigenvalue weighted by molar-refractivity contribution is -0.152. The number of hydrogen-bond donors (Lipinski definition) is 0. The number of hydrogen-bond acceptors (Lipinski definition) is 3. The maximum atomic E-state index is 11.8. The highest BCUT2D eigenvalue weighted by Crippen LogP contribution is 2.29. The van der Waals surface area contributed by atoms with E-state index in [4.69, 9.17) is 4.74 Å². The number of carbonyl (C=O) groups excluding carboxylic acids is 1. The van der Waals surface area contributed by atoms with E-state index < -0.39 is 0 Å². The van der Waals surface area contributed by atoms with Crippen LogP contribution in [0, 0.1) is 5.92 Å². The van der Waals surface area contributed by atoms with E-state index in [1.807, 2.05) is 36.4 Å². The van der Waals surface area contributed by atoms with Gasteiger partial charge in [-0.1, -0.05) is 30.3 Å². The van der Waals surface area contributed by atoms with Crippen LogP contribution >= 0.6 is 0 Å². The molecule has 0 N–H and O–H groups in total. The molecule has 1 aromatic carbocycles. The van der Waals surface area contributed by atoms with Gasteiger partial charge in [0.2, 0.25) is 0 Å². The van der Waals surface area contributed by atoms with Crippen LogP contribution in [0.4, 0.5) is 0 Å². The summed E-state index contributed by atoms with van der Waals surface area (Å²) >= 11 is 0. The van der Waals surface area contributed by atoms with E-state index in [0.717, 1.165) is 12.1 Å². The summed E-state index contributed by atoms with van der Waals surface area (Å²) in [5.41, 5.74) is 1.02. The molecule has 108 valence electrons. The van der Waals surface area contributed by atoms with Crippen molar-refractivity contribution in [2.24, 2.45) is 5.92 Å². The van der Waals surface area contributed by atoms with Crippen LogP contribution in [0.3, 0.4) is 0 Å². The van der Waals surface area contributed by atoms with Crippen LogP contribution in [0.2, 0.25) is 0 Å². The Morgan fingerprint density at radius 2 is 1.90 bits per heavy atom. The molecule has 1 aromatic rings. The van der Waals surface area contributed by atoms with E-state index in [1.54, 1.807) is 0 Å². The lowest BCUT2D eigenvalue weighted by Crippen LogP contribution is -3.00. The Morgan fingerprint density at radius 1 is 1.20 bits per heavy atom. The summed E-state index contributed by atoms with van der Waals surface area (Å²) < 4.78 is 5.58. The number of nitrogens with zero attached hydrogens (tertiary/aromatic N) is 1. The molecule has 3 fully saturated rings. The Bertz CT molecular complexity index is 467. The molecule has 0 radical (unpaired) electrons. The third-order valence-electron chi connectivity index (χ3n) is 4.08. The fourth-order valence-corrected chi connectivity index (χ4v) is 2.96. The summed E-state index contributed by atoms with van der Waals surface area (Å²) in [6, 6.07) is 9.82. The van der Waals surface area contributed by atoms with Gasteiger partial charge in [-0.2, -0.15) is 0 Å². The number of ether oxygens (including phenoxy) is 1. The predicted octanol–water partition coefficient (Wildman–Crippen LogP) is -0.659. The lowest BCUT2D eigenvalue weighted by atomic mass is 9.86. The highest BCUT2D eigenvalue weighted by molar-refractivity contribution is 5.87. The number of benzene rings is 1. The second-order valence-corrected chi connectivity index (χ2v) is 5.36. The van der Waals surface area contributed by atoms with Gasteiger partial charge in [-0.05, 0) is 43.5 Å². The van der Waals surface area contributed by atoms with Gasteiger partial charge in [-0.15, -0.1) is 0 Å². The smallest absolute Gasteiger partial charge is 0.331 e. The number of rotatable bonds is 3. The van der Waals surface area contributed by atoms with Gasteiger partial charge in [0.05, 0.1) is 0 Å². The molecule has 3 heterocycles. The second kappa shape index (κ2) is 6.91. The van der Waals surface area contributed by atoms with Crippen molar-refractivity contribution in [2.45, 2.75) is 18.9 Å². The molecule has 0 spiro atoms. The van der Waals surface area contributed by atoms with E-state index in [2.05, 4.69) is 4.90 Å². The van der Waals surface area contributed by atoms with Crippen LogP contribution in [0.5, 0.6) is 0 Å². The van der Waals surface area contributed by atoms with Crippen molar-refractivity contribution in [2.75, 3.05) is 19.6 Å². The minimum atomic E-state index is -0.220. The molecule has 3 nitrogen and oxygen atoms in total. The van der Waals surface area contributed by atoms with Gasteiger partial charge in [0.25, 0.3) is 0 Å². The summed E-state index contributed by atoms with van der Waals surface area (Å²) in [6.07, 6.45) is 5.77. The van der Waals surface area contributed by atoms with Crippen molar-refractivity contribution in [3.63, 3.8) is 0 Å². The molecule has 0 amide bonds. The average Bonchev–Trinajstić information content (AvgIpc) is 2.47. The minimum Gasteiger partial charge on any atom is -1.00 e. The van der Waals surface area contributed by atoms with E-state index in [-0.39, 0.29) is 24.5 Å². The average molecular weight is 293 g/mol. The zero-order chi connectivity index (χ0) is 13.1. The first-order valence-corrected chi connectivity index (χ1v) is 6.97. The van der Waals surface area contributed by atoms with E-state index in [0.29, 0.717) is 5.92 Å². The van der Waals surface area contributed by atoms with Crippen molar-refractivity contribution in [3.05, 3.63) is 42.0 Å². The number of piperidine rings is 3. The van der Waals surface area contributed by atoms with Gasteiger partial charge >= 0.3 is 5.97 Å². The van der Waals surface area contributed by atoms with Crippen molar-refractivity contribution in [3.8, 4) is 0 Å². The van der Waals surface area contributed by atoms with E-state index >= 15 is 0 Å². The van der Waals surface area contributed by atoms with Crippen LogP contribution < -0.4 is 12.4 Å². The summed E-state index contributed by atoms with van der Waals surface area (Å²) in [7, 11) is 0. The SMILES string of the molecule is O=C(/C=C/c1ccccc1)OC1CN2CCC1CC2.[Cl-]. The Hall–Kier alpha value is -1.32. The van der Waals surface area contributed by atoms with Crippen LogP contribution in [0.25, 0.3) is 6.08 Å². The Labute approximate surface area is 126 Å². The van der Waals surface area contributed by atoms with E-state index in [1.165, 1.54) is 32.0 Å². The van der Waals surface area contributed by atoms with Gasteiger partial charge in [0, 0.05) is 12.6 Å². The van der Waals surface area contributed by atoms with Gasteiger partial charge in [0.15, 0.2) is 0 Å². The summed E-state index contributed by atoms with van der Waals surface area (Å²) in [5.74, 6) is 0.349. The molecule has 0 aliphatic carbocycles. The first-order valence-electron chi connectivity index (χ1n) is 6.97. The van der Waals surface area contributed by atoms with Crippen LogP contribution in [-0.2, 0) is 9.53 Å². The Morgan fingerprint density at radius 3 is 2.50 bits per heavy atom. The normalized spacial score (nSPS) is 28.1. The maximum absolute atomic E-state index is 11.8. The molecule has 3 aliphatic heterocycles. The number of fused-ring (bicyclic) bond motifs is 3. The van der Waals surface area contributed by atoms with Gasteiger partial charge in [-0.25, -0.2) is 4.79 Å². The van der Waals surface area contributed by atoms with Gasteiger partial charge in [0.1, 0.15) is 6.10 Å². The van der Waals surface area contributed by atoms with Crippen molar-refractivity contribution in [1.29, 1.82) is 0 Å². The van der Waals surface area contributed by atoms with Crippen LogP contribution in [-0.4, -0.2) is 36.6 Å². The molecule has 20 heavy (non-hydrogen) atoms. The molecule has 1 atom stereocenters. The second-order valence-electron chi connectivity index (χ2n) is 5.36. The van der Waals surface area contributed by atoms with Gasteiger partial charge < -0.3 is 17.1 Å². The zero-order valence-corrected chi connectivity index (χ0v) is 12.1. The quantitative estimate of drug-likeness (QED) is 0.547. The van der Waals surface area contributed by atoms with E-state index in [9.17, 15) is 4.79 Å². The number of esters is 1. The standard InChI is InChI=1S/C16H19NO2.ClH/c18-16(7-6-13-4-2-1-3-5-13)19-15-12-17-10-8-14(15)9-11-17;/h1-7,14-15H,8-12H2;1H/p-1/b7-6+;. The molecule has 2 bridgehead atoms. The lowest BCUT2D eigenvalue weighted by Gasteiger charge is -2.43. The summed E-state index contributed by atoms with van der Waals surface area (Å²) in [5, 5.41) is 0. The highest BCUT2D eigenvalue weighted by atomic mass is 35.5. The molecule has 4 rings (SSSR count). The fourth-order valence-electron chi connectivity index (χ4n) is 2.96. The zero-order valence-electron chi connectivity index (χ0n) is 11.4. The third kappa shape index (κ3) is 3.62. The molecule has 0 saturated carbocycles. The molecule has 4 heteroatoms. The minimum absolute atomic E-state index is 0. The molecule has 3 saturated heterocycles. The number of carbonyl (C=O) groups is 1. The van der Waals surface area contributed by atoms with Crippen molar-refractivity contribution < 1.29 is 21.9 Å². The molecule has 1 unspecified atom stereocenters. The molecule has 3 aliphatic rings. The Balaban J connectivity index is 0.00000147. The van der Waals surface area contributed by atoms with Crippen molar-refractivity contribution in [1.82, 2.24) is 4.90 Å². The first-order chi connectivity index (χ1) is 9.31. The summed E-state index contributed by atoms with van der Waals surface area (Å²) in [6.45, 7) is 3.24.